The van der Waals surface area contributed by atoms with E-state index >= 15 is 0 Å². The van der Waals surface area contributed by atoms with E-state index in [1.807, 2.05) is 4.90 Å². The number of ether oxygens (including phenoxy) is 1. The number of carbonyl (C=O) groups excluding carboxylic acids is 1. The summed E-state index contributed by atoms with van der Waals surface area (Å²) < 4.78 is 5.54. The van der Waals surface area contributed by atoms with Crippen LogP contribution in [0.15, 0.2) is 24.3 Å². The van der Waals surface area contributed by atoms with Crippen LogP contribution in [0.25, 0.3) is 0 Å². The Hall–Kier alpha value is -1.22. The van der Waals surface area contributed by atoms with Gasteiger partial charge in [0.05, 0.1) is 0 Å². The number of nitrogens with zero attached hydrogens (tertiary/aromatic N) is 1. The molecule has 0 N–H and O–H groups in total. The molecule has 1 aromatic rings. The van der Waals surface area contributed by atoms with Crippen molar-refractivity contribution < 1.29 is 9.53 Å². The van der Waals surface area contributed by atoms with Gasteiger partial charge in [0.15, 0.2) is 6.61 Å². The first-order chi connectivity index (χ1) is 9.72. The van der Waals surface area contributed by atoms with Gasteiger partial charge in [0.2, 0.25) is 0 Å². The number of fused-ring (bicyclic) bond motifs is 1. The molecule has 2 unspecified atom stereocenters. The second kappa shape index (κ2) is 6.04. The van der Waals surface area contributed by atoms with Gasteiger partial charge < -0.3 is 9.64 Å². The highest BCUT2D eigenvalue weighted by Crippen LogP contribution is 2.35. The topological polar surface area (TPSA) is 29.5 Å². The third-order valence-corrected chi connectivity index (χ3v) is 4.76. The third-order valence-electron chi connectivity index (χ3n) is 4.50. The van der Waals surface area contributed by atoms with Crippen LogP contribution in [0.2, 0.25) is 5.02 Å². The van der Waals surface area contributed by atoms with Crippen LogP contribution >= 0.6 is 11.6 Å². The molecule has 1 saturated carbocycles. The minimum Gasteiger partial charge on any atom is -0.484 e. The van der Waals surface area contributed by atoms with Crippen LogP contribution in [0.4, 0.5) is 0 Å². The first-order valence-corrected chi connectivity index (χ1v) is 7.76. The van der Waals surface area contributed by atoms with E-state index < -0.39 is 0 Å². The van der Waals surface area contributed by atoms with E-state index in [2.05, 4.69) is 0 Å². The van der Waals surface area contributed by atoms with Crippen molar-refractivity contribution in [1.82, 2.24) is 4.90 Å². The lowest BCUT2D eigenvalue weighted by Crippen LogP contribution is -2.33. The molecule has 1 amide bonds. The summed E-state index contributed by atoms with van der Waals surface area (Å²) in [4.78, 5) is 14.2. The Balaban J connectivity index is 1.51. The standard InChI is InChI=1S/C16H20ClNO2/c17-14-5-7-15(8-6-14)20-11-16(19)18-9-12-3-1-2-4-13(12)10-18/h5-8,12-13H,1-4,9-11H2. The molecule has 2 aliphatic rings. The van der Waals surface area contributed by atoms with Crippen molar-refractivity contribution in [2.24, 2.45) is 11.8 Å². The minimum atomic E-state index is 0.106. The lowest BCUT2D eigenvalue weighted by Gasteiger charge is -2.22. The zero-order valence-corrected chi connectivity index (χ0v) is 12.3. The Labute approximate surface area is 124 Å². The zero-order valence-electron chi connectivity index (χ0n) is 11.6. The number of halogens is 1. The van der Waals surface area contributed by atoms with E-state index in [9.17, 15) is 4.79 Å². The van der Waals surface area contributed by atoms with Gasteiger partial charge in [-0.15, -0.1) is 0 Å². The normalized spacial score (nSPS) is 25.4. The maximum Gasteiger partial charge on any atom is 0.260 e. The van der Waals surface area contributed by atoms with Gasteiger partial charge in [0, 0.05) is 18.1 Å². The molecule has 4 heteroatoms. The molecule has 3 nitrogen and oxygen atoms in total. The van der Waals surface area contributed by atoms with Crippen LogP contribution in [0.3, 0.4) is 0 Å². The monoisotopic (exact) mass is 293 g/mol. The van der Waals surface area contributed by atoms with Crippen LogP contribution in [0.5, 0.6) is 5.75 Å². The second-order valence-electron chi connectivity index (χ2n) is 5.85. The molecule has 2 atom stereocenters. The van der Waals surface area contributed by atoms with Crippen molar-refractivity contribution in [2.45, 2.75) is 25.7 Å². The number of hydrogen-bond donors (Lipinski definition) is 0. The molecular formula is C16H20ClNO2. The van der Waals surface area contributed by atoms with Crippen molar-refractivity contribution in [1.29, 1.82) is 0 Å². The molecule has 3 rings (SSSR count). The van der Waals surface area contributed by atoms with Crippen LogP contribution in [0, 0.1) is 11.8 Å². The first-order valence-electron chi connectivity index (χ1n) is 7.38. The third kappa shape index (κ3) is 3.09. The quantitative estimate of drug-likeness (QED) is 0.855. The van der Waals surface area contributed by atoms with E-state index in [0.29, 0.717) is 10.8 Å². The van der Waals surface area contributed by atoms with Gasteiger partial charge in [-0.3, -0.25) is 4.79 Å². The molecule has 1 aliphatic heterocycles. The van der Waals surface area contributed by atoms with Gasteiger partial charge in [0.1, 0.15) is 5.75 Å². The summed E-state index contributed by atoms with van der Waals surface area (Å²) in [6.45, 7) is 1.97. The summed E-state index contributed by atoms with van der Waals surface area (Å²) in [6.07, 6.45) is 5.22. The lowest BCUT2D eigenvalue weighted by molar-refractivity contribution is -0.132. The molecule has 108 valence electrons. The van der Waals surface area contributed by atoms with Crippen LogP contribution in [-0.4, -0.2) is 30.5 Å². The van der Waals surface area contributed by atoms with Crippen molar-refractivity contribution >= 4 is 17.5 Å². The molecule has 1 heterocycles. The Morgan fingerprint density at radius 2 is 1.75 bits per heavy atom. The van der Waals surface area contributed by atoms with E-state index in [4.69, 9.17) is 16.3 Å². The smallest absolute Gasteiger partial charge is 0.260 e. The zero-order chi connectivity index (χ0) is 13.9. The fourth-order valence-corrected chi connectivity index (χ4v) is 3.50. The predicted octanol–water partition coefficient (Wildman–Crippen LogP) is 3.37. The molecule has 0 radical (unpaired) electrons. The molecule has 20 heavy (non-hydrogen) atoms. The number of carbonyl (C=O) groups is 1. The second-order valence-corrected chi connectivity index (χ2v) is 6.28. The SMILES string of the molecule is O=C(COc1ccc(Cl)cc1)N1CC2CCCCC2C1. The summed E-state index contributed by atoms with van der Waals surface area (Å²) in [5, 5.41) is 0.673. The van der Waals surface area contributed by atoms with E-state index in [1.54, 1.807) is 24.3 Å². The van der Waals surface area contributed by atoms with E-state index in [-0.39, 0.29) is 12.5 Å². The molecule has 0 bridgehead atoms. The first kappa shape index (κ1) is 13.7. The van der Waals surface area contributed by atoms with Gasteiger partial charge >= 0.3 is 0 Å². The highest BCUT2D eigenvalue weighted by atomic mass is 35.5. The maximum absolute atomic E-state index is 12.2. The fourth-order valence-electron chi connectivity index (χ4n) is 3.38. The van der Waals surface area contributed by atoms with Gasteiger partial charge in [-0.1, -0.05) is 24.4 Å². The molecule has 2 fully saturated rings. The molecular weight excluding hydrogens is 274 g/mol. The summed E-state index contributed by atoms with van der Waals surface area (Å²) in [5.41, 5.74) is 0. The van der Waals surface area contributed by atoms with Crippen molar-refractivity contribution in [2.75, 3.05) is 19.7 Å². The average Bonchev–Trinajstić information content (AvgIpc) is 2.90. The average molecular weight is 294 g/mol. The number of hydrogen-bond acceptors (Lipinski definition) is 2. The summed E-state index contributed by atoms with van der Waals surface area (Å²) in [6, 6.07) is 7.12. The minimum absolute atomic E-state index is 0.106. The molecule has 1 saturated heterocycles. The highest BCUT2D eigenvalue weighted by molar-refractivity contribution is 6.30. The van der Waals surface area contributed by atoms with Crippen molar-refractivity contribution in [3.05, 3.63) is 29.3 Å². The van der Waals surface area contributed by atoms with Gasteiger partial charge in [-0.05, 0) is 48.9 Å². The van der Waals surface area contributed by atoms with Crippen molar-refractivity contribution in [3.63, 3.8) is 0 Å². The lowest BCUT2D eigenvalue weighted by atomic mass is 9.82. The molecule has 0 spiro atoms. The molecule has 1 aromatic carbocycles. The number of benzene rings is 1. The highest BCUT2D eigenvalue weighted by Gasteiger charge is 2.36. The number of rotatable bonds is 3. The largest absolute Gasteiger partial charge is 0.484 e. The van der Waals surface area contributed by atoms with E-state index in [1.165, 1.54) is 25.7 Å². The maximum atomic E-state index is 12.2. The predicted molar refractivity (Wildman–Crippen MR) is 79.0 cm³/mol. The fraction of sp³-hybridized carbons (Fsp3) is 0.562. The Bertz CT molecular complexity index is 460. The van der Waals surface area contributed by atoms with Gasteiger partial charge in [0.25, 0.3) is 5.91 Å². The van der Waals surface area contributed by atoms with Crippen LogP contribution < -0.4 is 4.74 Å². The Morgan fingerprint density at radius 1 is 1.15 bits per heavy atom. The van der Waals surface area contributed by atoms with Gasteiger partial charge in [-0.25, -0.2) is 0 Å². The van der Waals surface area contributed by atoms with E-state index in [0.717, 1.165) is 24.9 Å². The van der Waals surface area contributed by atoms with Crippen molar-refractivity contribution in [3.8, 4) is 5.75 Å². The number of likely N-dealkylation sites (tertiary alicyclic amines) is 1. The van der Waals surface area contributed by atoms with Crippen LogP contribution in [-0.2, 0) is 4.79 Å². The summed E-state index contributed by atoms with van der Waals surface area (Å²) in [7, 11) is 0. The van der Waals surface area contributed by atoms with Gasteiger partial charge in [-0.2, -0.15) is 0 Å². The van der Waals surface area contributed by atoms with Crippen LogP contribution in [0.1, 0.15) is 25.7 Å². The Morgan fingerprint density at radius 3 is 2.35 bits per heavy atom. The number of amides is 1. The molecule has 0 aromatic heterocycles. The Kier molecular flexibility index (Phi) is 4.16. The summed E-state index contributed by atoms with van der Waals surface area (Å²) >= 11 is 5.82. The molecule has 1 aliphatic carbocycles. The summed E-state index contributed by atoms with van der Waals surface area (Å²) in [5.74, 6) is 2.25.